The van der Waals surface area contributed by atoms with E-state index in [0.29, 0.717) is 42.6 Å². The number of amides is 2. The van der Waals surface area contributed by atoms with Crippen LogP contribution < -0.4 is 4.90 Å². The number of nitrogens with zero attached hydrogens (tertiary/aromatic N) is 4. The first-order chi connectivity index (χ1) is 18.2. The summed E-state index contributed by atoms with van der Waals surface area (Å²) in [5.41, 5.74) is 5.70. The molecule has 2 fully saturated rings. The molecule has 0 radical (unpaired) electrons. The third-order valence-corrected chi connectivity index (χ3v) is 7.73. The second-order valence-corrected chi connectivity index (χ2v) is 10.4. The average Bonchev–Trinajstić information content (AvgIpc) is 3.32. The van der Waals surface area contributed by atoms with Gasteiger partial charge in [0.15, 0.2) is 0 Å². The third kappa shape index (κ3) is 4.97. The van der Waals surface area contributed by atoms with Gasteiger partial charge < -0.3 is 14.2 Å². The molecule has 2 aliphatic rings. The predicted molar refractivity (Wildman–Crippen MR) is 148 cm³/mol. The summed E-state index contributed by atoms with van der Waals surface area (Å²) >= 11 is 0.928. The molecule has 10 heteroatoms. The maximum atomic E-state index is 13.1. The average molecular weight is 533 g/mol. The van der Waals surface area contributed by atoms with Crippen molar-refractivity contribution in [3.63, 3.8) is 0 Å². The Kier molecular flexibility index (Phi) is 7.09. The summed E-state index contributed by atoms with van der Waals surface area (Å²) in [6.45, 7) is 8.28. The highest BCUT2D eigenvalue weighted by atomic mass is 32.2. The number of carbonyl (C=O) groups excluding carboxylic acids is 2. The number of nitro benzene ring substituents is 1. The molecule has 2 aromatic carbocycles. The molecule has 9 nitrogen and oxygen atoms in total. The van der Waals surface area contributed by atoms with Crippen LogP contribution in [0.4, 0.5) is 16.2 Å². The smallest absolute Gasteiger partial charge is 0.294 e. The lowest BCUT2D eigenvalue weighted by Crippen LogP contribution is -2.36. The van der Waals surface area contributed by atoms with Crippen LogP contribution in [0.3, 0.4) is 0 Å². The minimum absolute atomic E-state index is 0.0377. The first-order valence-electron chi connectivity index (χ1n) is 12.3. The van der Waals surface area contributed by atoms with Crippen molar-refractivity contribution in [2.24, 2.45) is 0 Å². The number of ether oxygens (including phenoxy) is 1. The van der Waals surface area contributed by atoms with Gasteiger partial charge in [-0.2, -0.15) is 0 Å². The molecule has 3 aromatic rings. The molecule has 38 heavy (non-hydrogen) atoms. The number of carbonyl (C=O) groups is 2. The molecule has 2 aliphatic heterocycles. The Morgan fingerprint density at radius 1 is 1.05 bits per heavy atom. The number of rotatable bonds is 6. The first kappa shape index (κ1) is 25.7. The molecular weight excluding hydrogens is 504 g/mol. The van der Waals surface area contributed by atoms with E-state index in [0.717, 1.165) is 39.8 Å². The molecular formula is C28H28N4O5S. The summed E-state index contributed by atoms with van der Waals surface area (Å²) in [5.74, 6) is -0.322. The SMILES string of the molecule is Cc1cccc(CN2C(=O)S/C(=C\c3cc(C)n(-c4ccc(N5CCOCC5)c([N+](=O)[O-])c4)c3C)C2=O)c1. The van der Waals surface area contributed by atoms with Gasteiger partial charge in [-0.3, -0.25) is 24.6 Å². The number of hydrogen-bond acceptors (Lipinski definition) is 7. The van der Waals surface area contributed by atoms with Gasteiger partial charge in [-0.1, -0.05) is 29.8 Å². The molecule has 0 N–H and O–H groups in total. The highest BCUT2D eigenvalue weighted by molar-refractivity contribution is 8.18. The molecule has 2 saturated heterocycles. The Morgan fingerprint density at radius 2 is 1.82 bits per heavy atom. The van der Waals surface area contributed by atoms with Gasteiger partial charge >= 0.3 is 0 Å². The highest BCUT2D eigenvalue weighted by Gasteiger charge is 2.35. The second-order valence-electron chi connectivity index (χ2n) is 9.45. The highest BCUT2D eigenvalue weighted by Crippen LogP contribution is 2.36. The standard InChI is InChI=1S/C28H28N4O5S/c1-18-5-4-6-21(13-18)17-30-27(33)26(38-28(30)34)15-22-14-19(2)31(20(22)3)23-7-8-24(25(16-23)32(35)36)29-9-11-37-12-10-29/h4-8,13-16H,9-12,17H2,1-3H3/b26-15-. The van der Waals surface area contributed by atoms with Crippen molar-refractivity contribution < 1.29 is 19.2 Å². The molecule has 5 rings (SSSR count). The second kappa shape index (κ2) is 10.5. The van der Waals surface area contributed by atoms with Crippen LogP contribution in [0.5, 0.6) is 0 Å². The number of aryl methyl sites for hydroxylation is 2. The largest absolute Gasteiger partial charge is 0.378 e. The molecule has 3 heterocycles. The molecule has 0 aliphatic carbocycles. The molecule has 0 unspecified atom stereocenters. The summed E-state index contributed by atoms with van der Waals surface area (Å²) < 4.78 is 7.32. The van der Waals surface area contributed by atoms with Crippen molar-refractivity contribution in [3.8, 4) is 5.69 Å². The lowest BCUT2D eigenvalue weighted by atomic mass is 10.1. The third-order valence-electron chi connectivity index (χ3n) is 6.82. The Balaban J connectivity index is 1.44. The molecule has 2 amide bonds. The Hall–Kier alpha value is -3.89. The van der Waals surface area contributed by atoms with E-state index in [1.54, 1.807) is 18.2 Å². The van der Waals surface area contributed by atoms with Crippen LogP contribution in [0.25, 0.3) is 11.8 Å². The van der Waals surface area contributed by atoms with Crippen molar-refractivity contribution >= 4 is 40.4 Å². The fraction of sp³-hybridized carbons (Fsp3) is 0.286. The van der Waals surface area contributed by atoms with Crippen molar-refractivity contribution in [2.45, 2.75) is 27.3 Å². The molecule has 0 bridgehead atoms. The Bertz CT molecular complexity index is 1470. The lowest BCUT2D eigenvalue weighted by Gasteiger charge is -2.28. The van der Waals surface area contributed by atoms with Gasteiger partial charge in [0.05, 0.1) is 35.3 Å². The van der Waals surface area contributed by atoms with Crippen LogP contribution in [0.1, 0.15) is 28.1 Å². The summed E-state index contributed by atoms with van der Waals surface area (Å²) in [6.07, 6.45) is 1.73. The van der Waals surface area contributed by atoms with Gasteiger partial charge in [-0.15, -0.1) is 0 Å². The van der Waals surface area contributed by atoms with Crippen LogP contribution in [0.2, 0.25) is 0 Å². The van der Waals surface area contributed by atoms with Gasteiger partial charge in [-0.05, 0) is 67.9 Å². The van der Waals surface area contributed by atoms with Gasteiger partial charge in [0.2, 0.25) is 0 Å². The zero-order valence-corrected chi connectivity index (χ0v) is 22.3. The van der Waals surface area contributed by atoms with Crippen molar-refractivity contribution in [1.82, 2.24) is 9.47 Å². The minimum atomic E-state index is -0.354. The fourth-order valence-electron chi connectivity index (χ4n) is 4.97. The van der Waals surface area contributed by atoms with E-state index in [2.05, 4.69) is 0 Å². The Labute approximate surface area is 224 Å². The van der Waals surface area contributed by atoms with E-state index in [4.69, 9.17) is 4.74 Å². The van der Waals surface area contributed by atoms with E-state index in [1.807, 2.05) is 66.6 Å². The van der Waals surface area contributed by atoms with E-state index in [9.17, 15) is 19.7 Å². The number of imide groups is 1. The number of morpholine rings is 1. The lowest BCUT2D eigenvalue weighted by molar-refractivity contribution is -0.384. The summed E-state index contributed by atoms with van der Waals surface area (Å²) in [6, 6.07) is 14.9. The van der Waals surface area contributed by atoms with Gasteiger partial charge in [-0.25, -0.2) is 0 Å². The number of anilines is 1. The van der Waals surface area contributed by atoms with Crippen LogP contribution >= 0.6 is 11.8 Å². The van der Waals surface area contributed by atoms with Crippen molar-refractivity contribution in [2.75, 3.05) is 31.2 Å². The quantitative estimate of drug-likeness (QED) is 0.239. The molecule has 0 spiro atoms. The minimum Gasteiger partial charge on any atom is -0.378 e. The Morgan fingerprint density at radius 3 is 2.53 bits per heavy atom. The van der Waals surface area contributed by atoms with Gasteiger partial charge in [0, 0.05) is 30.5 Å². The van der Waals surface area contributed by atoms with E-state index >= 15 is 0 Å². The maximum Gasteiger partial charge on any atom is 0.294 e. The number of nitro groups is 1. The number of benzene rings is 2. The molecule has 1 aromatic heterocycles. The summed E-state index contributed by atoms with van der Waals surface area (Å²) in [7, 11) is 0. The number of hydrogen-bond donors (Lipinski definition) is 0. The van der Waals surface area contributed by atoms with E-state index < -0.39 is 0 Å². The van der Waals surface area contributed by atoms with Crippen LogP contribution in [-0.2, 0) is 16.1 Å². The fourth-order valence-corrected chi connectivity index (χ4v) is 5.80. The summed E-state index contributed by atoms with van der Waals surface area (Å²) in [5, 5.41) is 11.7. The number of aromatic nitrogens is 1. The molecule has 0 atom stereocenters. The maximum absolute atomic E-state index is 13.1. The summed E-state index contributed by atoms with van der Waals surface area (Å²) in [4.78, 5) is 41.0. The van der Waals surface area contributed by atoms with E-state index in [-0.39, 0.29) is 28.3 Å². The van der Waals surface area contributed by atoms with Crippen LogP contribution in [-0.4, -0.2) is 51.8 Å². The van der Waals surface area contributed by atoms with Gasteiger partial charge in [0.25, 0.3) is 16.8 Å². The zero-order chi connectivity index (χ0) is 27.0. The van der Waals surface area contributed by atoms with Crippen LogP contribution in [0.15, 0.2) is 53.4 Å². The topological polar surface area (TPSA) is 97.9 Å². The first-order valence-corrected chi connectivity index (χ1v) is 13.2. The predicted octanol–water partition coefficient (Wildman–Crippen LogP) is 5.38. The van der Waals surface area contributed by atoms with E-state index in [1.165, 1.54) is 4.90 Å². The van der Waals surface area contributed by atoms with Crippen molar-refractivity contribution in [3.05, 3.63) is 91.6 Å². The van der Waals surface area contributed by atoms with Gasteiger partial charge in [0.1, 0.15) is 5.69 Å². The number of thioether (sulfide) groups is 1. The molecule has 0 saturated carbocycles. The monoisotopic (exact) mass is 532 g/mol. The zero-order valence-electron chi connectivity index (χ0n) is 21.5. The normalized spacial score (nSPS) is 17.1. The molecule has 196 valence electrons. The van der Waals surface area contributed by atoms with Crippen molar-refractivity contribution in [1.29, 1.82) is 0 Å². The van der Waals surface area contributed by atoms with Crippen LogP contribution in [0, 0.1) is 30.9 Å².